The van der Waals surface area contributed by atoms with Crippen LogP contribution in [0.5, 0.6) is 0 Å². The number of aliphatic hydroxyl groups excluding tert-OH is 2. The number of thioether (sulfide) groups is 1. The molecule has 0 aromatic rings. The quantitative estimate of drug-likeness (QED) is 0.264. The first kappa shape index (κ1) is 21.6. The zero-order valence-corrected chi connectivity index (χ0v) is 16.6. The molecule has 0 aromatic carbocycles. The fraction of sp³-hybridized carbons (Fsp3) is 0.750. The third-order valence-electron chi connectivity index (χ3n) is 5.32. The molecule has 6 heteroatoms. The Kier molecular flexibility index (Phi) is 9.35. The monoisotopic (exact) mass is 400 g/mol. The molecule has 2 rings (SSSR count). The molecule has 0 aromatic heterocycles. The van der Waals surface area contributed by atoms with Gasteiger partial charge in [0.15, 0.2) is 0 Å². The van der Waals surface area contributed by atoms with Crippen LogP contribution < -0.4 is 0 Å². The molecule has 2 aliphatic carbocycles. The lowest BCUT2D eigenvalue weighted by atomic mass is 9.85. The Morgan fingerprint density at radius 2 is 2.00 bits per heavy atom. The topological polar surface area (TPSA) is 77.8 Å². The van der Waals surface area contributed by atoms with Crippen LogP contribution in [0.1, 0.15) is 44.9 Å². The molecule has 2 fully saturated rings. The summed E-state index contributed by atoms with van der Waals surface area (Å²) < 4.78 is 0. The molecule has 146 valence electrons. The molecule has 0 saturated heterocycles. The summed E-state index contributed by atoms with van der Waals surface area (Å²) in [7, 11) is 0. The highest BCUT2D eigenvalue weighted by Crippen LogP contribution is 2.38. The van der Waals surface area contributed by atoms with Crippen molar-refractivity contribution in [2.75, 3.05) is 11.5 Å². The second-order valence-electron chi connectivity index (χ2n) is 7.26. The molecule has 0 heterocycles. The number of aliphatic carboxylic acids is 1. The van der Waals surface area contributed by atoms with Crippen molar-refractivity contribution >= 4 is 29.3 Å². The van der Waals surface area contributed by atoms with Crippen molar-refractivity contribution in [3.05, 3.63) is 12.2 Å². The molecule has 0 spiro atoms. The number of carboxylic acids is 1. The molecule has 5 atom stereocenters. The average Bonchev–Trinajstić information content (AvgIpc) is 2.89. The van der Waals surface area contributed by atoms with E-state index in [-0.39, 0.29) is 28.9 Å². The van der Waals surface area contributed by atoms with Gasteiger partial charge in [-0.2, -0.15) is 0 Å². The van der Waals surface area contributed by atoms with Gasteiger partial charge in [-0.05, 0) is 37.5 Å². The highest BCUT2D eigenvalue weighted by Gasteiger charge is 2.40. The second kappa shape index (κ2) is 11.2. The third-order valence-corrected chi connectivity index (χ3v) is 6.70. The molecule has 0 unspecified atom stereocenters. The zero-order chi connectivity index (χ0) is 18.9. The molecule has 3 N–H and O–H groups in total. The van der Waals surface area contributed by atoms with E-state index in [4.69, 9.17) is 16.7 Å². The van der Waals surface area contributed by atoms with Crippen LogP contribution in [0.15, 0.2) is 12.2 Å². The molecule has 0 bridgehead atoms. The Bertz CT molecular complexity index is 536. The van der Waals surface area contributed by atoms with Gasteiger partial charge in [0.1, 0.15) is 6.10 Å². The van der Waals surface area contributed by atoms with Crippen LogP contribution in [0.3, 0.4) is 0 Å². The van der Waals surface area contributed by atoms with Gasteiger partial charge in [0.05, 0.1) is 17.8 Å². The maximum atomic E-state index is 10.5. The van der Waals surface area contributed by atoms with Gasteiger partial charge in [0.2, 0.25) is 0 Å². The predicted molar refractivity (Wildman–Crippen MR) is 106 cm³/mol. The number of carboxylic acid groups (broad SMARTS) is 1. The minimum absolute atomic E-state index is 0.0541. The summed E-state index contributed by atoms with van der Waals surface area (Å²) in [6.45, 7) is 0. The summed E-state index contributed by atoms with van der Waals surface area (Å²) in [6.07, 6.45) is 9.63. The van der Waals surface area contributed by atoms with Gasteiger partial charge in [-0.3, -0.25) is 4.79 Å². The lowest BCUT2D eigenvalue weighted by Crippen LogP contribution is -2.23. The Morgan fingerprint density at radius 1 is 1.27 bits per heavy atom. The van der Waals surface area contributed by atoms with Gasteiger partial charge in [-0.25, -0.2) is 0 Å². The van der Waals surface area contributed by atoms with E-state index >= 15 is 0 Å². The number of allylic oxidation sites excluding steroid dienone is 1. The molecular formula is C20H29ClO4S. The summed E-state index contributed by atoms with van der Waals surface area (Å²) in [5.74, 6) is 6.14. The first-order chi connectivity index (χ1) is 12.5. The van der Waals surface area contributed by atoms with Gasteiger partial charge in [0.25, 0.3) is 0 Å². The van der Waals surface area contributed by atoms with Gasteiger partial charge in [0, 0.05) is 11.1 Å². The number of halogens is 1. The highest BCUT2D eigenvalue weighted by molar-refractivity contribution is 8.00. The summed E-state index contributed by atoms with van der Waals surface area (Å²) in [5.41, 5.74) is 0. The van der Waals surface area contributed by atoms with E-state index in [2.05, 4.69) is 11.8 Å². The van der Waals surface area contributed by atoms with Crippen molar-refractivity contribution in [3.63, 3.8) is 0 Å². The number of hydrogen-bond acceptors (Lipinski definition) is 4. The number of carbonyl (C=O) groups is 1. The van der Waals surface area contributed by atoms with Crippen LogP contribution in [-0.4, -0.2) is 50.4 Å². The van der Waals surface area contributed by atoms with Crippen LogP contribution in [-0.2, 0) is 4.79 Å². The molecule has 0 radical (unpaired) electrons. The minimum atomic E-state index is -0.810. The van der Waals surface area contributed by atoms with Gasteiger partial charge < -0.3 is 15.3 Å². The van der Waals surface area contributed by atoms with E-state index in [1.807, 2.05) is 12.2 Å². The van der Waals surface area contributed by atoms with Crippen molar-refractivity contribution in [1.29, 1.82) is 0 Å². The Labute approximate surface area is 165 Å². The maximum absolute atomic E-state index is 10.5. The van der Waals surface area contributed by atoms with Crippen molar-refractivity contribution < 1.29 is 20.1 Å². The lowest BCUT2D eigenvalue weighted by molar-refractivity contribution is -0.133. The summed E-state index contributed by atoms with van der Waals surface area (Å²) in [5, 5.41) is 29.1. The molecular weight excluding hydrogens is 372 g/mol. The SMILES string of the molecule is O=C(O)CSC/C=C\C[C@@H]1[C@@H](C#C[C@@H](O)C2CCCCC2)[C@H](O)C[C@H]1Cl. The number of rotatable bonds is 7. The van der Waals surface area contributed by atoms with Crippen LogP contribution in [0.2, 0.25) is 0 Å². The zero-order valence-electron chi connectivity index (χ0n) is 15.0. The minimum Gasteiger partial charge on any atom is -0.481 e. The lowest BCUT2D eigenvalue weighted by Gasteiger charge is -2.23. The number of hydrogen-bond donors (Lipinski definition) is 3. The van der Waals surface area contributed by atoms with Crippen molar-refractivity contribution in [2.45, 2.75) is 62.5 Å². The van der Waals surface area contributed by atoms with Crippen molar-refractivity contribution in [1.82, 2.24) is 0 Å². The van der Waals surface area contributed by atoms with Crippen LogP contribution in [0.25, 0.3) is 0 Å². The average molecular weight is 401 g/mol. The van der Waals surface area contributed by atoms with E-state index < -0.39 is 18.2 Å². The van der Waals surface area contributed by atoms with Crippen molar-refractivity contribution in [2.24, 2.45) is 17.8 Å². The van der Waals surface area contributed by atoms with E-state index in [0.29, 0.717) is 18.6 Å². The number of alkyl halides is 1. The van der Waals surface area contributed by atoms with Gasteiger partial charge in [-0.1, -0.05) is 43.3 Å². The maximum Gasteiger partial charge on any atom is 0.313 e. The van der Waals surface area contributed by atoms with E-state index in [1.54, 1.807) is 0 Å². The fourth-order valence-electron chi connectivity index (χ4n) is 3.84. The van der Waals surface area contributed by atoms with E-state index in [0.717, 1.165) is 25.7 Å². The molecule has 0 amide bonds. The largest absolute Gasteiger partial charge is 0.481 e. The summed E-state index contributed by atoms with van der Waals surface area (Å²) in [4.78, 5) is 10.5. The molecule has 0 aliphatic heterocycles. The van der Waals surface area contributed by atoms with E-state index in [9.17, 15) is 15.0 Å². The van der Waals surface area contributed by atoms with Gasteiger partial charge >= 0.3 is 5.97 Å². The molecule has 4 nitrogen and oxygen atoms in total. The summed E-state index contributed by atoms with van der Waals surface area (Å²) in [6, 6.07) is 0. The second-order valence-corrected chi connectivity index (χ2v) is 8.85. The smallest absolute Gasteiger partial charge is 0.313 e. The Morgan fingerprint density at radius 3 is 2.69 bits per heavy atom. The highest BCUT2D eigenvalue weighted by atomic mass is 35.5. The third kappa shape index (κ3) is 6.81. The van der Waals surface area contributed by atoms with Crippen LogP contribution >= 0.6 is 23.4 Å². The first-order valence-corrected chi connectivity index (χ1v) is 11.0. The van der Waals surface area contributed by atoms with Gasteiger partial charge in [-0.15, -0.1) is 23.4 Å². The number of aliphatic hydroxyl groups is 2. The van der Waals surface area contributed by atoms with Crippen LogP contribution in [0.4, 0.5) is 0 Å². The first-order valence-electron chi connectivity index (χ1n) is 9.45. The normalized spacial score (nSPS) is 30.9. The predicted octanol–water partition coefficient (Wildman–Crippen LogP) is 3.30. The molecule has 2 saturated carbocycles. The molecule has 2 aliphatic rings. The van der Waals surface area contributed by atoms with E-state index in [1.165, 1.54) is 18.2 Å². The Hall–Kier alpha value is -0.670. The summed E-state index contributed by atoms with van der Waals surface area (Å²) >= 11 is 7.75. The molecule has 26 heavy (non-hydrogen) atoms. The van der Waals surface area contributed by atoms with Crippen LogP contribution in [0, 0.1) is 29.6 Å². The Balaban J connectivity index is 1.87. The fourth-order valence-corrected chi connectivity index (χ4v) is 4.85. The standard InChI is InChI=1S/C20H29ClO4S/c21-17-12-19(23)16(9-10-18(22)14-6-2-1-3-7-14)15(17)8-4-5-11-26-13-20(24)25/h4-5,14-19,22-23H,1-3,6-8,11-13H2,(H,24,25)/b5-4-/t15-,16-,17-,18-,19-/m1/s1. The van der Waals surface area contributed by atoms with Crippen molar-refractivity contribution in [3.8, 4) is 11.8 Å².